The zero-order valence-corrected chi connectivity index (χ0v) is 10.9. The molecule has 1 N–H and O–H groups in total. The molecule has 1 atom stereocenters. The Kier molecular flexibility index (Phi) is 3.64. The van der Waals surface area contributed by atoms with Crippen molar-refractivity contribution in [3.63, 3.8) is 0 Å². The van der Waals surface area contributed by atoms with Crippen molar-refractivity contribution in [2.75, 3.05) is 0 Å². The molecular weight excluding hydrogens is 287 g/mol. The minimum absolute atomic E-state index is 0.236. The molecule has 1 aromatic carbocycles. The van der Waals surface area contributed by atoms with Crippen LogP contribution >= 0.6 is 15.9 Å². The fraction of sp³-hybridized carbons (Fsp3) is 0.231. The predicted octanol–water partition coefficient (Wildman–Crippen LogP) is 3.77. The molecule has 0 bridgehead atoms. The van der Waals surface area contributed by atoms with Crippen LogP contribution in [0.5, 0.6) is 0 Å². The van der Waals surface area contributed by atoms with E-state index in [1.807, 2.05) is 0 Å². The van der Waals surface area contributed by atoms with E-state index < -0.39 is 6.10 Å². The van der Waals surface area contributed by atoms with E-state index >= 15 is 0 Å². The summed E-state index contributed by atoms with van der Waals surface area (Å²) in [7, 11) is 0. The van der Waals surface area contributed by atoms with Gasteiger partial charge in [-0.1, -0.05) is 22.0 Å². The summed E-state index contributed by atoms with van der Waals surface area (Å²) in [6, 6.07) is 6.52. The third-order valence-corrected chi connectivity index (χ3v) is 3.18. The Morgan fingerprint density at radius 1 is 1.41 bits per heavy atom. The van der Waals surface area contributed by atoms with Gasteiger partial charge < -0.3 is 9.52 Å². The molecule has 2 aromatic rings. The number of aryl methyl sites for hydroxylation is 1. The molecule has 17 heavy (non-hydrogen) atoms. The molecule has 4 heteroatoms. The normalized spacial score (nSPS) is 12.7. The molecule has 1 unspecified atom stereocenters. The number of rotatable bonds is 3. The predicted molar refractivity (Wildman–Crippen MR) is 66.2 cm³/mol. The molecule has 1 aromatic heterocycles. The van der Waals surface area contributed by atoms with E-state index in [1.54, 1.807) is 25.1 Å². The van der Waals surface area contributed by atoms with Gasteiger partial charge in [0.1, 0.15) is 11.6 Å². The Balaban J connectivity index is 2.19. The monoisotopic (exact) mass is 298 g/mol. The van der Waals surface area contributed by atoms with Crippen molar-refractivity contribution in [3.8, 4) is 0 Å². The Bertz CT molecular complexity index is 522. The highest BCUT2D eigenvalue weighted by atomic mass is 79.9. The van der Waals surface area contributed by atoms with Crippen LogP contribution in [0.4, 0.5) is 4.39 Å². The zero-order valence-electron chi connectivity index (χ0n) is 9.28. The molecule has 0 amide bonds. The van der Waals surface area contributed by atoms with Crippen LogP contribution in [-0.4, -0.2) is 5.11 Å². The Morgan fingerprint density at radius 2 is 2.18 bits per heavy atom. The molecule has 0 saturated heterocycles. The van der Waals surface area contributed by atoms with Crippen LogP contribution < -0.4 is 0 Å². The van der Waals surface area contributed by atoms with Crippen molar-refractivity contribution in [3.05, 3.63) is 57.7 Å². The number of furan rings is 1. The first-order valence-corrected chi connectivity index (χ1v) is 6.03. The van der Waals surface area contributed by atoms with Crippen molar-refractivity contribution in [2.24, 2.45) is 0 Å². The maximum Gasteiger partial charge on any atom is 0.127 e. The summed E-state index contributed by atoms with van der Waals surface area (Å²) < 4.78 is 19.4. The van der Waals surface area contributed by atoms with E-state index in [1.165, 1.54) is 12.3 Å². The summed E-state index contributed by atoms with van der Waals surface area (Å²) in [6.45, 7) is 1.77. The molecule has 0 fully saturated rings. The lowest BCUT2D eigenvalue weighted by atomic mass is 10.0. The average Bonchev–Trinajstić information content (AvgIpc) is 2.68. The SMILES string of the molecule is Cc1occc1C(O)Cc1ccc(Br)cc1F. The number of hydrogen-bond acceptors (Lipinski definition) is 2. The third-order valence-electron chi connectivity index (χ3n) is 2.69. The van der Waals surface area contributed by atoms with Crippen molar-refractivity contribution < 1.29 is 13.9 Å². The molecule has 0 spiro atoms. The maximum absolute atomic E-state index is 13.6. The van der Waals surface area contributed by atoms with E-state index in [2.05, 4.69) is 15.9 Å². The topological polar surface area (TPSA) is 33.4 Å². The molecule has 1 heterocycles. The highest BCUT2D eigenvalue weighted by Gasteiger charge is 2.15. The van der Waals surface area contributed by atoms with Crippen LogP contribution in [0.2, 0.25) is 0 Å². The quantitative estimate of drug-likeness (QED) is 0.936. The summed E-state index contributed by atoms with van der Waals surface area (Å²) >= 11 is 3.20. The van der Waals surface area contributed by atoms with E-state index in [9.17, 15) is 9.50 Å². The first kappa shape index (κ1) is 12.3. The van der Waals surface area contributed by atoms with E-state index in [0.29, 0.717) is 21.4 Å². The van der Waals surface area contributed by atoms with Crippen LogP contribution in [0, 0.1) is 12.7 Å². The van der Waals surface area contributed by atoms with Crippen molar-refractivity contribution in [1.29, 1.82) is 0 Å². The number of aliphatic hydroxyl groups is 1. The van der Waals surface area contributed by atoms with Gasteiger partial charge in [0, 0.05) is 16.5 Å². The molecule has 2 rings (SSSR count). The minimum atomic E-state index is -0.746. The van der Waals surface area contributed by atoms with E-state index in [4.69, 9.17) is 4.42 Å². The van der Waals surface area contributed by atoms with Gasteiger partial charge in [-0.25, -0.2) is 4.39 Å². The Morgan fingerprint density at radius 3 is 2.76 bits per heavy atom. The summed E-state index contributed by atoms with van der Waals surface area (Å²) in [5.41, 5.74) is 1.19. The summed E-state index contributed by atoms with van der Waals surface area (Å²) in [6.07, 6.45) is 1.01. The molecule has 90 valence electrons. The second-order valence-corrected chi connectivity index (χ2v) is 4.80. The molecular formula is C13H12BrFO2. The van der Waals surface area contributed by atoms with Crippen LogP contribution in [0.1, 0.15) is 23.0 Å². The molecule has 0 aliphatic heterocycles. The van der Waals surface area contributed by atoms with Gasteiger partial charge in [0.05, 0.1) is 12.4 Å². The van der Waals surface area contributed by atoms with Gasteiger partial charge in [0.15, 0.2) is 0 Å². The maximum atomic E-state index is 13.6. The van der Waals surface area contributed by atoms with Gasteiger partial charge in [0.25, 0.3) is 0 Å². The van der Waals surface area contributed by atoms with Crippen LogP contribution in [0.3, 0.4) is 0 Å². The number of halogens is 2. The standard InChI is InChI=1S/C13H12BrFO2/c1-8-11(4-5-17-8)13(16)6-9-2-3-10(14)7-12(9)15/h2-5,7,13,16H,6H2,1H3. The van der Waals surface area contributed by atoms with Crippen LogP contribution in [-0.2, 0) is 6.42 Å². The second kappa shape index (κ2) is 5.02. The molecule has 0 radical (unpaired) electrons. The largest absolute Gasteiger partial charge is 0.469 e. The lowest BCUT2D eigenvalue weighted by Crippen LogP contribution is -2.03. The first-order chi connectivity index (χ1) is 8.08. The van der Waals surface area contributed by atoms with Crippen molar-refractivity contribution >= 4 is 15.9 Å². The highest BCUT2D eigenvalue weighted by molar-refractivity contribution is 9.10. The van der Waals surface area contributed by atoms with Gasteiger partial charge >= 0.3 is 0 Å². The van der Waals surface area contributed by atoms with Crippen molar-refractivity contribution in [1.82, 2.24) is 0 Å². The van der Waals surface area contributed by atoms with Gasteiger partial charge in [-0.3, -0.25) is 0 Å². The molecule has 0 aliphatic rings. The Hall–Kier alpha value is -1.13. The molecule has 0 aliphatic carbocycles. The number of benzene rings is 1. The van der Waals surface area contributed by atoms with E-state index in [0.717, 1.165) is 0 Å². The fourth-order valence-electron chi connectivity index (χ4n) is 1.75. The van der Waals surface area contributed by atoms with Gasteiger partial charge in [-0.15, -0.1) is 0 Å². The molecule has 0 saturated carbocycles. The summed E-state index contributed by atoms with van der Waals surface area (Å²) in [4.78, 5) is 0. The van der Waals surface area contributed by atoms with Crippen molar-refractivity contribution in [2.45, 2.75) is 19.4 Å². The summed E-state index contributed by atoms with van der Waals surface area (Å²) in [5, 5.41) is 10.00. The minimum Gasteiger partial charge on any atom is -0.469 e. The third kappa shape index (κ3) is 2.76. The van der Waals surface area contributed by atoms with Crippen LogP contribution in [0.15, 0.2) is 39.4 Å². The number of aliphatic hydroxyl groups excluding tert-OH is 1. The Labute approximate surface area is 107 Å². The first-order valence-electron chi connectivity index (χ1n) is 5.24. The molecule has 2 nitrogen and oxygen atoms in total. The second-order valence-electron chi connectivity index (χ2n) is 3.89. The van der Waals surface area contributed by atoms with E-state index in [-0.39, 0.29) is 12.2 Å². The lowest BCUT2D eigenvalue weighted by Gasteiger charge is -2.10. The van der Waals surface area contributed by atoms with Gasteiger partial charge in [-0.2, -0.15) is 0 Å². The lowest BCUT2D eigenvalue weighted by molar-refractivity contribution is 0.175. The summed E-state index contributed by atoms with van der Waals surface area (Å²) in [5.74, 6) is 0.342. The average molecular weight is 299 g/mol. The highest BCUT2D eigenvalue weighted by Crippen LogP contribution is 2.24. The van der Waals surface area contributed by atoms with Gasteiger partial charge in [-0.05, 0) is 30.7 Å². The van der Waals surface area contributed by atoms with Crippen LogP contribution in [0.25, 0.3) is 0 Å². The fourth-order valence-corrected chi connectivity index (χ4v) is 2.08. The smallest absolute Gasteiger partial charge is 0.127 e. The van der Waals surface area contributed by atoms with Gasteiger partial charge in [0.2, 0.25) is 0 Å². The number of hydrogen-bond donors (Lipinski definition) is 1. The zero-order chi connectivity index (χ0) is 12.4.